The molecule has 0 radical (unpaired) electrons. The standard InChI is InChI=1S/C43H59NO11/c1-5-6-7-8-9-10-11-12-13-14-15-16-17-21-32(46)44-29-22-33(54-25(2)38(29)47)55-31-24-43(52,26(3)45)23-28-35(31)42(51)37-36(40(28)49)39(48)27-19-18-20-30(53-4)34(27)41(37)50/h18-20,25,29,31,33,38,47,49,51-52H,5-17,21-24H2,1-4H3,(H,44,46). The molecule has 2 aliphatic carbocycles. The molecule has 0 saturated carbocycles. The van der Waals surface area contributed by atoms with Gasteiger partial charge >= 0.3 is 0 Å². The van der Waals surface area contributed by atoms with E-state index in [-0.39, 0.29) is 46.8 Å². The van der Waals surface area contributed by atoms with E-state index in [1.165, 1.54) is 90.0 Å². The molecule has 5 rings (SSSR count). The number of amides is 1. The molecule has 1 heterocycles. The van der Waals surface area contributed by atoms with Crippen LogP contribution >= 0.6 is 0 Å². The van der Waals surface area contributed by atoms with Crippen LogP contribution in [0.1, 0.15) is 173 Å². The fraction of sp³-hybridized carbons (Fsp3) is 0.628. The van der Waals surface area contributed by atoms with E-state index in [0.29, 0.717) is 6.42 Å². The number of phenolic OH excluding ortho intramolecular Hbond substituents is 2. The van der Waals surface area contributed by atoms with Crippen LogP contribution < -0.4 is 10.1 Å². The summed E-state index contributed by atoms with van der Waals surface area (Å²) in [7, 11) is 1.34. The lowest BCUT2D eigenvalue weighted by atomic mass is 9.72. The third kappa shape index (κ3) is 9.42. The van der Waals surface area contributed by atoms with E-state index < -0.39 is 82.6 Å². The summed E-state index contributed by atoms with van der Waals surface area (Å²) in [5.41, 5.74) is -3.20. The number of carbonyl (C=O) groups excluding carboxylic acids is 4. The predicted octanol–water partition coefficient (Wildman–Crippen LogP) is 6.67. The SMILES string of the molecule is CCCCCCCCCCCCCCCC(=O)NC1CC(OC2CC(O)(C(C)=O)Cc3c(O)c4c(c(O)c32)C(=O)c2c(OC)cccc2C4=O)OC(C)C1O. The lowest BCUT2D eigenvalue weighted by Crippen LogP contribution is -2.55. The number of benzene rings is 2. The highest BCUT2D eigenvalue weighted by Crippen LogP contribution is 2.52. The molecule has 55 heavy (non-hydrogen) atoms. The van der Waals surface area contributed by atoms with E-state index in [2.05, 4.69) is 12.2 Å². The molecule has 3 aliphatic rings. The Labute approximate surface area is 323 Å². The van der Waals surface area contributed by atoms with Crippen LogP contribution in [0.15, 0.2) is 18.2 Å². The lowest BCUT2D eigenvalue weighted by Gasteiger charge is -2.42. The van der Waals surface area contributed by atoms with Crippen LogP contribution in [0.25, 0.3) is 0 Å². The highest BCUT2D eigenvalue weighted by molar-refractivity contribution is 6.31. The number of ether oxygens (including phenoxy) is 3. The first-order valence-electron chi connectivity index (χ1n) is 20.2. The number of rotatable bonds is 19. The van der Waals surface area contributed by atoms with Crippen molar-refractivity contribution in [2.75, 3.05) is 7.11 Å². The number of carbonyl (C=O) groups is 4. The van der Waals surface area contributed by atoms with Crippen LogP contribution in [0.4, 0.5) is 0 Å². The summed E-state index contributed by atoms with van der Waals surface area (Å²) in [6.45, 7) is 5.05. The third-order valence-corrected chi connectivity index (χ3v) is 11.6. The van der Waals surface area contributed by atoms with Gasteiger partial charge in [-0.25, -0.2) is 0 Å². The molecule has 0 aromatic heterocycles. The van der Waals surface area contributed by atoms with Gasteiger partial charge in [0.1, 0.15) is 29.0 Å². The summed E-state index contributed by atoms with van der Waals surface area (Å²) in [5, 5.41) is 48.8. The van der Waals surface area contributed by atoms with Crippen molar-refractivity contribution in [3.05, 3.63) is 51.6 Å². The second kappa shape index (κ2) is 18.9. The zero-order valence-corrected chi connectivity index (χ0v) is 32.8. The van der Waals surface area contributed by atoms with Crippen molar-refractivity contribution in [2.24, 2.45) is 0 Å². The molecule has 0 spiro atoms. The van der Waals surface area contributed by atoms with E-state index >= 15 is 0 Å². The molecule has 302 valence electrons. The van der Waals surface area contributed by atoms with Gasteiger partial charge in [-0.3, -0.25) is 19.2 Å². The number of phenols is 2. The lowest BCUT2D eigenvalue weighted by molar-refractivity contribution is -0.249. The van der Waals surface area contributed by atoms with Crippen LogP contribution in [0.3, 0.4) is 0 Å². The molecule has 0 bridgehead atoms. The van der Waals surface area contributed by atoms with Gasteiger partial charge in [-0.15, -0.1) is 0 Å². The van der Waals surface area contributed by atoms with E-state index in [4.69, 9.17) is 14.2 Å². The fourth-order valence-electron chi connectivity index (χ4n) is 8.35. The van der Waals surface area contributed by atoms with Gasteiger partial charge in [-0.2, -0.15) is 0 Å². The predicted molar refractivity (Wildman–Crippen MR) is 205 cm³/mol. The van der Waals surface area contributed by atoms with Gasteiger partial charge in [-0.1, -0.05) is 96.1 Å². The van der Waals surface area contributed by atoms with Gasteiger partial charge in [0.25, 0.3) is 0 Å². The van der Waals surface area contributed by atoms with Crippen molar-refractivity contribution in [3.8, 4) is 17.2 Å². The second-order valence-electron chi connectivity index (χ2n) is 15.6. The van der Waals surface area contributed by atoms with Crippen molar-refractivity contribution >= 4 is 23.3 Å². The summed E-state index contributed by atoms with van der Waals surface area (Å²) in [5.74, 6) is -3.48. The number of nitrogens with one attached hydrogen (secondary N) is 1. The van der Waals surface area contributed by atoms with Crippen molar-refractivity contribution < 1.29 is 53.8 Å². The molecule has 12 nitrogen and oxygen atoms in total. The van der Waals surface area contributed by atoms with E-state index in [0.717, 1.165) is 25.7 Å². The minimum Gasteiger partial charge on any atom is -0.507 e. The number of aliphatic hydroxyl groups excluding tert-OH is 1. The Hall–Kier alpha value is -3.84. The maximum atomic E-state index is 13.9. The summed E-state index contributed by atoms with van der Waals surface area (Å²) in [6, 6.07) is 3.71. The van der Waals surface area contributed by atoms with Gasteiger partial charge in [0.05, 0.1) is 42.0 Å². The second-order valence-corrected chi connectivity index (χ2v) is 15.6. The average Bonchev–Trinajstić information content (AvgIpc) is 3.15. The minimum absolute atomic E-state index is 0.000140. The molecule has 1 amide bonds. The number of hydrogen-bond acceptors (Lipinski definition) is 11. The third-order valence-electron chi connectivity index (χ3n) is 11.6. The Morgan fingerprint density at radius 2 is 1.49 bits per heavy atom. The van der Waals surface area contributed by atoms with Crippen LogP contribution in [0.5, 0.6) is 17.2 Å². The molecular formula is C43H59NO11. The molecular weight excluding hydrogens is 706 g/mol. The van der Waals surface area contributed by atoms with E-state index in [1.54, 1.807) is 6.92 Å². The maximum absolute atomic E-state index is 13.9. The largest absolute Gasteiger partial charge is 0.507 e. The number of Topliss-reactive ketones (excluding diaryl/α,β-unsaturated/α-hetero) is 1. The van der Waals surface area contributed by atoms with Crippen molar-refractivity contribution in [1.29, 1.82) is 0 Å². The number of unbranched alkanes of at least 4 members (excludes halogenated alkanes) is 12. The number of aliphatic hydroxyl groups is 2. The van der Waals surface area contributed by atoms with Gasteiger partial charge < -0.3 is 40.0 Å². The molecule has 12 heteroatoms. The van der Waals surface area contributed by atoms with Crippen LogP contribution in [0.2, 0.25) is 0 Å². The smallest absolute Gasteiger partial charge is 0.220 e. The number of methoxy groups -OCH3 is 1. The van der Waals surface area contributed by atoms with Gasteiger partial charge in [0.15, 0.2) is 17.9 Å². The summed E-state index contributed by atoms with van der Waals surface area (Å²) in [6.07, 6.45) is 10.8. The summed E-state index contributed by atoms with van der Waals surface area (Å²) < 4.78 is 17.6. The molecule has 6 atom stereocenters. The fourth-order valence-corrected chi connectivity index (χ4v) is 8.35. The summed E-state index contributed by atoms with van der Waals surface area (Å²) >= 11 is 0. The van der Waals surface area contributed by atoms with E-state index in [1.807, 2.05) is 0 Å². The van der Waals surface area contributed by atoms with Crippen molar-refractivity contribution in [2.45, 2.75) is 166 Å². The van der Waals surface area contributed by atoms with Crippen LogP contribution in [-0.4, -0.2) is 80.9 Å². The molecule has 2 aromatic rings. The molecule has 1 aliphatic heterocycles. The first kappa shape index (κ1) is 42.3. The number of hydrogen-bond donors (Lipinski definition) is 5. The molecule has 5 N–H and O–H groups in total. The van der Waals surface area contributed by atoms with Gasteiger partial charge in [-0.05, 0) is 26.3 Å². The Bertz CT molecular complexity index is 1720. The Morgan fingerprint density at radius 1 is 0.891 bits per heavy atom. The van der Waals surface area contributed by atoms with Crippen LogP contribution in [-0.2, 0) is 25.5 Å². The molecule has 1 fully saturated rings. The van der Waals surface area contributed by atoms with Crippen molar-refractivity contribution in [1.82, 2.24) is 5.32 Å². The normalized spacial score (nSPS) is 24.5. The topological polar surface area (TPSA) is 189 Å². The molecule has 6 unspecified atom stereocenters. The quantitative estimate of drug-likeness (QED) is 0.0648. The summed E-state index contributed by atoms with van der Waals surface area (Å²) in [4.78, 5) is 53.5. The van der Waals surface area contributed by atoms with Crippen molar-refractivity contribution in [3.63, 3.8) is 0 Å². The Morgan fingerprint density at radius 3 is 2.09 bits per heavy atom. The number of fused-ring (bicyclic) bond motifs is 3. The van der Waals surface area contributed by atoms with Gasteiger partial charge in [0.2, 0.25) is 11.7 Å². The maximum Gasteiger partial charge on any atom is 0.220 e. The Balaban J connectivity index is 1.24. The first-order valence-corrected chi connectivity index (χ1v) is 20.2. The average molecular weight is 766 g/mol. The highest BCUT2D eigenvalue weighted by atomic mass is 16.7. The molecule has 2 aromatic carbocycles. The number of aromatic hydroxyl groups is 2. The first-order chi connectivity index (χ1) is 26.3. The van der Waals surface area contributed by atoms with Crippen LogP contribution in [0, 0.1) is 0 Å². The zero-order chi connectivity index (χ0) is 39.9. The number of ketones is 3. The monoisotopic (exact) mass is 765 g/mol. The minimum atomic E-state index is -2.06. The zero-order valence-electron chi connectivity index (χ0n) is 32.8. The molecule has 1 saturated heterocycles. The van der Waals surface area contributed by atoms with E-state index in [9.17, 15) is 39.6 Å². The Kier molecular flexibility index (Phi) is 14.5. The highest BCUT2D eigenvalue weighted by Gasteiger charge is 2.49. The van der Waals surface area contributed by atoms with Gasteiger partial charge in [0, 0.05) is 42.4 Å².